The predicted molar refractivity (Wildman–Crippen MR) is 90.3 cm³/mol. The summed E-state index contributed by atoms with van der Waals surface area (Å²) in [7, 11) is 0. The largest absolute Gasteiger partial charge is 0.508 e. The molecule has 0 saturated heterocycles. The highest BCUT2D eigenvalue weighted by Gasteiger charge is 2.22. The van der Waals surface area contributed by atoms with E-state index in [1.54, 1.807) is 23.7 Å². The summed E-state index contributed by atoms with van der Waals surface area (Å²) in [5.74, 6) is -2.56. The number of hydrogen-bond acceptors (Lipinski definition) is 8. The van der Waals surface area contributed by atoms with Crippen molar-refractivity contribution in [3.05, 3.63) is 65.7 Å². The SMILES string of the molecule is O=C(C=CC1C=CC(O)=C(O)C1)OC(=O)C(Cc1ccc(O)cc1)NO. The number of aromatic hydroxyl groups is 1. The van der Waals surface area contributed by atoms with Gasteiger partial charge in [-0.25, -0.2) is 9.59 Å². The Balaban J connectivity index is 1.88. The fourth-order valence-corrected chi connectivity index (χ4v) is 2.29. The van der Waals surface area contributed by atoms with E-state index in [1.165, 1.54) is 24.3 Å². The third-order valence-electron chi connectivity index (χ3n) is 3.72. The molecule has 138 valence electrons. The van der Waals surface area contributed by atoms with Crippen LogP contribution in [-0.2, 0) is 20.7 Å². The first-order chi connectivity index (χ1) is 12.4. The molecular formula is C18H19NO7. The molecule has 1 aromatic rings. The lowest BCUT2D eigenvalue weighted by molar-refractivity contribution is -0.159. The fourth-order valence-electron chi connectivity index (χ4n) is 2.29. The normalized spacial score (nSPS) is 18.1. The molecule has 5 N–H and O–H groups in total. The lowest BCUT2D eigenvalue weighted by atomic mass is 9.98. The first-order valence-electron chi connectivity index (χ1n) is 7.79. The maximum Gasteiger partial charge on any atom is 0.338 e. The number of phenolic OH excluding ortho intramolecular Hbond substituents is 1. The van der Waals surface area contributed by atoms with Crippen molar-refractivity contribution in [3.8, 4) is 5.75 Å². The van der Waals surface area contributed by atoms with Crippen molar-refractivity contribution in [2.75, 3.05) is 0 Å². The fraction of sp³-hybridized carbons (Fsp3) is 0.222. The van der Waals surface area contributed by atoms with E-state index >= 15 is 0 Å². The summed E-state index contributed by atoms with van der Waals surface area (Å²) in [5.41, 5.74) is 2.44. The number of rotatable bonds is 6. The number of esters is 2. The molecule has 0 fully saturated rings. The molecule has 1 aromatic carbocycles. The zero-order valence-corrected chi connectivity index (χ0v) is 13.7. The minimum atomic E-state index is -1.16. The van der Waals surface area contributed by atoms with Crippen LogP contribution in [0.5, 0.6) is 5.75 Å². The highest BCUT2D eigenvalue weighted by molar-refractivity contribution is 5.94. The molecule has 1 aliphatic rings. The summed E-state index contributed by atoms with van der Waals surface area (Å²) in [5, 5.41) is 37.0. The number of ether oxygens (including phenoxy) is 1. The van der Waals surface area contributed by atoms with Gasteiger partial charge in [0.15, 0.2) is 5.76 Å². The first-order valence-corrected chi connectivity index (χ1v) is 7.79. The van der Waals surface area contributed by atoms with Crippen LogP contribution in [0.4, 0.5) is 0 Å². The molecule has 8 heteroatoms. The molecule has 0 aromatic heterocycles. The second-order valence-corrected chi connectivity index (χ2v) is 5.71. The van der Waals surface area contributed by atoms with Crippen molar-refractivity contribution >= 4 is 11.9 Å². The van der Waals surface area contributed by atoms with Crippen molar-refractivity contribution < 1.29 is 34.9 Å². The monoisotopic (exact) mass is 361 g/mol. The van der Waals surface area contributed by atoms with Gasteiger partial charge in [0.1, 0.15) is 17.6 Å². The number of hydrogen-bond donors (Lipinski definition) is 5. The summed E-state index contributed by atoms with van der Waals surface area (Å²) < 4.78 is 4.65. The Kier molecular flexibility index (Phi) is 6.54. The number of carbonyl (C=O) groups excluding carboxylic acids is 2. The Morgan fingerprint density at radius 2 is 1.92 bits per heavy atom. The molecule has 2 rings (SSSR count). The number of nitrogens with one attached hydrogen (secondary N) is 1. The Bertz CT molecular complexity index is 749. The van der Waals surface area contributed by atoms with Crippen LogP contribution in [0.1, 0.15) is 12.0 Å². The summed E-state index contributed by atoms with van der Waals surface area (Å²) in [6.45, 7) is 0. The van der Waals surface area contributed by atoms with Crippen LogP contribution >= 0.6 is 0 Å². The molecule has 26 heavy (non-hydrogen) atoms. The van der Waals surface area contributed by atoms with E-state index in [0.717, 1.165) is 6.08 Å². The number of hydroxylamine groups is 1. The molecule has 0 bridgehead atoms. The molecule has 0 aliphatic heterocycles. The molecule has 0 spiro atoms. The summed E-state index contributed by atoms with van der Waals surface area (Å²) in [4.78, 5) is 23.7. The van der Waals surface area contributed by atoms with Gasteiger partial charge in [-0.15, -0.1) is 0 Å². The standard InChI is InChI=1S/C18H19NO7/c20-13-5-1-11(2-6-13)9-14(19-25)18(24)26-17(23)8-4-12-3-7-15(21)16(22)10-12/h1-8,12,14,19-22,25H,9-10H2. The van der Waals surface area contributed by atoms with Crippen LogP contribution in [-0.4, -0.2) is 38.5 Å². The Labute approximate surface area is 149 Å². The minimum absolute atomic E-state index is 0.0515. The van der Waals surface area contributed by atoms with E-state index in [-0.39, 0.29) is 36.0 Å². The van der Waals surface area contributed by atoms with Gasteiger partial charge in [0.05, 0.1) is 0 Å². The molecule has 0 saturated carbocycles. The van der Waals surface area contributed by atoms with Gasteiger partial charge in [-0.3, -0.25) is 0 Å². The Morgan fingerprint density at radius 3 is 2.54 bits per heavy atom. The third kappa shape index (κ3) is 5.47. The van der Waals surface area contributed by atoms with Gasteiger partial charge in [0.25, 0.3) is 0 Å². The van der Waals surface area contributed by atoms with Crippen LogP contribution in [0.2, 0.25) is 0 Å². The lowest BCUT2D eigenvalue weighted by Gasteiger charge is -2.14. The second-order valence-electron chi connectivity index (χ2n) is 5.71. The average Bonchev–Trinajstić information content (AvgIpc) is 2.62. The molecule has 0 radical (unpaired) electrons. The zero-order valence-electron chi connectivity index (χ0n) is 13.7. The van der Waals surface area contributed by atoms with Crippen LogP contribution < -0.4 is 5.48 Å². The third-order valence-corrected chi connectivity index (χ3v) is 3.72. The van der Waals surface area contributed by atoms with Crippen LogP contribution in [0, 0.1) is 5.92 Å². The average molecular weight is 361 g/mol. The number of allylic oxidation sites excluding steroid dienone is 4. The van der Waals surface area contributed by atoms with E-state index < -0.39 is 18.0 Å². The van der Waals surface area contributed by atoms with Crippen LogP contribution in [0.3, 0.4) is 0 Å². The van der Waals surface area contributed by atoms with Crippen molar-refractivity contribution in [1.82, 2.24) is 5.48 Å². The summed E-state index contributed by atoms with van der Waals surface area (Å²) in [6.07, 6.45) is 5.54. The van der Waals surface area contributed by atoms with E-state index in [1.807, 2.05) is 0 Å². The van der Waals surface area contributed by atoms with Gasteiger partial charge in [-0.05, 0) is 23.8 Å². The van der Waals surface area contributed by atoms with Crippen molar-refractivity contribution in [3.63, 3.8) is 0 Å². The van der Waals surface area contributed by atoms with E-state index in [2.05, 4.69) is 4.74 Å². The highest BCUT2D eigenvalue weighted by Crippen LogP contribution is 2.21. The lowest BCUT2D eigenvalue weighted by Crippen LogP contribution is -2.38. The molecule has 8 nitrogen and oxygen atoms in total. The molecule has 1 aliphatic carbocycles. The van der Waals surface area contributed by atoms with Crippen molar-refractivity contribution in [2.45, 2.75) is 18.9 Å². The molecule has 2 atom stereocenters. The molecule has 0 heterocycles. The number of phenols is 1. The topological polar surface area (TPSA) is 136 Å². The van der Waals surface area contributed by atoms with Crippen LogP contribution in [0.25, 0.3) is 0 Å². The van der Waals surface area contributed by atoms with Crippen LogP contribution in [0.15, 0.2) is 60.1 Å². The first kappa shape index (κ1) is 19.2. The van der Waals surface area contributed by atoms with Gasteiger partial charge < -0.3 is 25.3 Å². The number of aliphatic hydroxyl groups is 2. The second kappa shape index (κ2) is 8.84. The zero-order chi connectivity index (χ0) is 19.1. The van der Waals surface area contributed by atoms with E-state index in [9.17, 15) is 24.9 Å². The Morgan fingerprint density at radius 1 is 1.23 bits per heavy atom. The van der Waals surface area contributed by atoms with E-state index in [4.69, 9.17) is 5.21 Å². The summed E-state index contributed by atoms with van der Waals surface area (Å²) in [6, 6.07) is 4.85. The molecular weight excluding hydrogens is 342 g/mol. The summed E-state index contributed by atoms with van der Waals surface area (Å²) >= 11 is 0. The molecule has 2 unspecified atom stereocenters. The number of carbonyl (C=O) groups is 2. The maximum atomic E-state index is 12.0. The van der Waals surface area contributed by atoms with Gasteiger partial charge in [-0.1, -0.05) is 24.3 Å². The van der Waals surface area contributed by atoms with Gasteiger partial charge >= 0.3 is 11.9 Å². The Hall–Kier alpha value is -3.10. The van der Waals surface area contributed by atoms with Gasteiger partial charge in [0, 0.05) is 24.8 Å². The number of aliphatic hydroxyl groups excluding tert-OH is 2. The van der Waals surface area contributed by atoms with Gasteiger partial charge in [0.2, 0.25) is 0 Å². The van der Waals surface area contributed by atoms with E-state index in [0.29, 0.717) is 5.56 Å². The van der Waals surface area contributed by atoms with Crippen molar-refractivity contribution in [2.24, 2.45) is 5.92 Å². The van der Waals surface area contributed by atoms with Gasteiger partial charge in [-0.2, -0.15) is 5.48 Å². The smallest absolute Gasteiger partial charge is 0.338 e. The maximum absolute atomic E-state index is 12.0. The quantitative estimate of drug-likeness (QED) is 0.224. The predicted octanol–water partition coefficient (Wildman–Crippen LogP) is 1.81. The van der Waals surface area contributed by atoms with Crippen molar-refractivity contribution in [1.29, 1.82) is 0 Å². The highest BCUT2D eigenvalue weighted by atomic mass is 16.6. The number of benzene rings is 1. The minimum Gasteiger partial charge on any atom is -0.508 e. The molecule has 0 amide bonds.